The highest BCUT2D eigenvalue weighted by atomic mass is 15.2. The van der Waals surface area contributed by atoms with E-state index in [-0.39, 0.29) is 0 Å². The Labute approximate surface area is 70.5 Å². The van der Waals surface area contributed by atoms with Gasteiger partial charge in [-0.15, -0.1) is 10.2 Å². The van der Waals surface area contributed by atoms with E-state index in [1.807, 2.05) is 4.57 Å². The Balaban J connectivity index is 2.19. The molecule has 1 rings (SSSR count). The van der Waals surface area contributed by atoms with Crippen LogP contribution in [-0.4, -0.2) is 34.3 Å². The third-order valence-electron chi connectivity index (χ3n) is 1.38. The molecule has 0 spiro atoms. The fourth-order valence-corrected chi connectivity index (χ4v) is 0.730. The summed E-state index contributed by atoms with van der Waals surface area (Å²) in [5, 5.41) is 10.2. The van der Waals surface area contributed by atoms with Crippen LogP contribution in [0.25, 0.3) is 0 Å². The zero-order valence-corrected chi connectivity index (χ0v) is 6.94. The van der Waals surface area contributed by atoms with Crippen molar-refractivity contribution in [3.63, 3.8) is 0 Å². The first-order valence-corrected chi connectivity index (χ1v) is 3.61. The fourth-order valence-electron chi connectivity index (χ4n) is 0.730. The van der Waals surface area contributed by atoms with Crippen molar-refractivity contribution in [2.75, 3.05) is 13.6 Å². The standard InChI is InChI=1S/C6H12N6/c1-8-6(7)9-2-3-12-4-10-11-5-12/h4-5H,2-3H2,1H3,(H3,7,8,9). The minimum atomic E-state index is 0.447. The molecule has 0 aliphatic rings. The predicted molar refractivity (Wildman–Crippen MR) is 45.6 cm³/mol. The van der Waals surface area contributed by atoms with Gasteiger partial charge in [0.15, 0.2) is 5.96 Å². The number of hydrogen-bond acceptors (Lipinski definition) is 3. The van der Waals surface area contributed by atoms with Gasteiger partial charge < -0.3 is 15.6 Å². The lowest BCUT2D eigenvalue weighted by Gasteiger charge is -2.03. The Morgan fingerprint density at radius 1 is 1.58 bits per heavy atom. The molecule has 66 valence electrons. The zero-order valence-electron chi connectivity index (χ0n) is 6.94. The number of hydrogen-bond donors (Lipinski definition) is 2. The summed E-state index contributed by atoms with van der Waals surface area (Å²) >= 11 is 0. The SMILES string of the molecule is CN=C(N)NCCn1cnnc1. The molecule has 6 heteroatoms. The number of aliphatic imine (C=N–C) groups is 1. The topological polar surface area (TPSA) is 81.1 Å². The van der Waals surface area contributed by atoms with Gasteiger partial charge in [0.1, 0.15) is 12.7 Å². The van der Waals surface area contributed by atoms with Gasteiger partial charge >= 0.3 is 0 Å². The minimum Gasteiger partial charge on any atom is -0.370 e. The smallest absolute Gasteiger partial charge is 0.188 e. The molecule has 0 fully saturated rings. The van der Waals surface area contributed by atoms with Crippen LogP contribution in [-0.2, 0) is 6.54 Å². The van der Waals surface area contributed by atoms with Crippen LogP contribution in [0.5, 0.6) is 0 Å². The monoisotopic (exact) mass is 168 g/mol. The van der Waals surface area contributed by atoms with Gasteiger partial charge in [-0.05, 0) is 0 Å². The lowest BCUT2D eigenvalue weighted by Crippen LogP contribution is -2.33. The van der Waals surface area contributed by atoms with E-state index in [1.54, 1.807) is 19.7 Å². The number of nitrogens with one attached hydrogen (secondary N) is 1. The highest BCUT2D eigenvalue weighted by molar-refractivity contribution is 5.77. The summed E-state index contributed by atoms with van der Waals surface area (Å²) in [5.41, 5.74) is 5.41. The molecule has 6 nitrogen and oxygen atoms in total. The molecule has 3 N–H and O–H groups in total. The van der Waals surface area contributed by atoms with Gasteiger partial charge in [-0.1, -0.05) is 0 Å². The van der Waals surface area contributed by atoms with Crippen molar-refractivity contribution in [2.45, 2.75) is 6.54 Å². The van der Waals surface area contributed by atoms with Gasteiger partial charge in [-0.2, -0.15) is 0 Å². The molecule has 1 aromatic rings. The van der Waals surface area contributed by atoms with Crippen LogP contribution in [0.15, 0.2) is 17.6 Å². The molecule has 0 saturated carbocycles. The molecule has 0 bridgehead atoms. The van der Waals surface area contributed by atoms with Crippen molar-refractivity contribution in [3.8, 4) is 0 Å². The molecule has 0 aliphatic heterocycles. The van der Waals surface area contributed by atoms with E-state index in [9.17, 15) is 0 Å². The van der Waals surface area contributed by atoms with Crippen molar-refractivity contribution in [2.24, 2.45) is 10.7 Å². The summed E-state index contributed by atoms with van der Waals surface area (Å²) in [4.78, 5) is 3.75. The molecular formula is C6H12N6. The summed E-state index contributed by atoms with van der Waals surface area (Å²) in [6.07, 6.45) is 3.31. The summed E-state index contributed by atoms with van der Waals surface area (Å²) in [6.45, 7) is 1.50. The van der Waals surface area contributed by atoms with E-state index < -0.39 is 0 Å². The summed E-state index contributed by atoms with van der Waals surface area (Å²) in [7, 11) is 1.64. The molecule has 0 aliphatic carbocycles. The summed E-state index contributed by atoms with van der Waals surface area (Å²) < 4.78 is 1.86. The van der Waals surface area contributed by atoms with Gasteiger partial charge in [0.05, 0.1) is 0 Å². The second kappa shape index (κ2) is 4.32. The maximum Gasteiger partial charge on any atom is 0.188 e. The Hall–Kier alpha value is -1.59. The van der Waals surface area contributed by atoms with Crippen molar-refractivity contribution < 1.29 is 0 Å². The summed E-state index contributed by atoms with van der Waals surface area (Å²) in [5.74, 6) is 0.447. The van der Waals surface area contributed by atoms with Crippen LogP contribution in [0.4, 0.5) is 0 Å². The van der Waals surface area contributed by atoms with E-state index >= 15 is 0 Å². The van der Waals surface area contributed by atoms with Gasteiger partial charge in [0, 0.05) is 20.1 Å². The maximum absolute atomic E-state index is 5.41. The van der Waals surface area contributed by atoms with E-state index in [0.29, 0.717) is 5.96 Å². The second-order valence-corrected chi connectivity index (χ2v) is 2.24. The van der Waals surface area contributed by atoms with Gasteiger partial charge in [-0.25, -0.2) is 0 Å². The number of rotatable bonds is 3. The van der Waals surface area contributed by atoms with E-state index in [1.165, 1.54) is 0 Å². The molecule has 0 saturated heterocycles. The van der Waals surface area contributed by atoms with E-state index in [0.717, 1.165) is 13.1 Å². The molecule has 0 radical (unpaired) electrons. The molecule has 0 atom stereocenters. The fraction of sp³-hybridized carbons (Fsp3) is 0.500. The Morgan fingerprint density at radius 2 is 2.25 bits per heavy atom. The van der Waals surface area contributed by atoms with Crippen molar-refractivity contribution >= 4 is 5.96 Å². The van der Waals surface area contributed by atoms with E-state index in [4.69, 9.17) is 5.73 Å². The van der Waals surface area contributed by atoms with Crippen LogP contribution in [0.1, 0.15) is 0 Å². The lowest BCUT2D eigenvalue weighted by atomic mass is 10.6. The van der Waals surface area contributed by atoms with Crippen LogP contribution < -0.4 is 11.1 Å². The largest absolute Gasteiger partial charge is 0.370 e. The van der Waals surface area contributed by atoms with E-state index in [2.05, 4.69) is 20.5 Å². The van der Waals surface area contributed by atoms with Crippen molar-refractivity contribution in [3.05, 3.63) is 12.7 Å². The summed E-state index contributed by atoms with van der Waals surface area (Å²) in [6, 6.07) is 0. The van der Waals surface area contributed by atoms with Gasteiger partial charge in [0.25, 0.3) is 0 Å². The minimum absolute atomic E-state index is 0.447. The third-order valence-corrected chi connectivity index (χ3v) is 1.38. The third kappa shape index (κ3) is 2.57. The van der Waals surface area contributed by atoms with Crippen molar-refractivity contribution in [1.82, 2.24) is 20.1 Å². The number of aromatic nitrogens is 3. The number of nitrogens with two attached hydrogens (primary N) is 1. The normalized spacial score (nSPS) is 11.6. The lowest BCUT2D eigenvalue weighted by molar-refractivity contribution is 0.669. The zero-order chi connectivity index (χ0) is 8.81. The van der Waals surface area contributed by atoms with Crippen LogP contribution >= 0.6 is 0 Å². The number of guanidine groups is 1. The molecule has 1 aromatic heterocycles. The molecule has 12 heavy (non-hydrogen) atoms. The Bertz CT molecular complexity index is 239. The van der Waals surface area contributed by atoms with Crippen LogP contribution in [0.3, 0.4) is 0 Å². The van der Waals surface area contributed by atoms with Gasteiger partial charge in [0.2, 0.25) is 0 Å². The molecule has 0 unspecified atom stereocenters. The molecule has 0 aromatic carbocycles. The highest BCUT2D eigenvalue weighted by Crippen LogP contribution is 1.79. The Kier molecular flexibility index (Phi) is 3.06. The first kappa shape index (κ1) is 8.51. The first-order valence-electron chi connectivity index (χ1n) is 3.61. The predicted octanol–water partition coefficient (Wildman–Crippen LogP) is -1.19. The quantitative estimate of drug-likeness (QED) is 0.439. The van der Waals surface area contributed by atoms with Gasteiger partial charge in [-0.3, -0.25) is 4.99 Å². The average molecular weight is 168 g/mol. The first-order chi connectivity index (χ1) is 5.83. The van der Waals surface area contributed by atoms with Crippen LogP contribution in [0, 0.1) is 0 Å². The molecule has 1 heterocycles. The van der Waals surface area contributed by atoms with Crippen LogP contribution in [0.2, 0.25) is 0 Å². The molecule has 0 amide bonds. The highest BCUT2D eigenvalue weighted by Gasteiger charge is 1.90. The van der Waals surface area contributed by atoms with Crippen molar-refractivity contribution in [1.29, 1.82) is 0 Å². The molecular weight excluding hydrogens is 156 g/mol. The number of nitrogens with zero attached hydrogens (tertiary/aromatic N) is 4. The second-order valence-electron chi connectivity index (χ2n) is 2.24. The maximum atomic E-state index is 5.41. The Morgan fingerprint density at radius 3 is 2.83 bits per heavy atom. The average Bonchev–Trinajstić information content (AvgIpc) is 2.57.